The van der Waals surface area contributed by atoms with E-state index in [0.717, 1.165) is 41.0 Å². The number of fused-ring (bicyclic) bond motifs is 1. The molecule has 2 aromatic carbocycles. The zero-order valence-electron chi connectivity index (χ0n) is 16.0. The third kappa shape index (κ3) is 3.01. The van der Waals surface area contributed by atoms with E-state index in [-0.39, 0.29) is 17.7 Å². The highest BCUT2D eigenvalue weighted by Gasteiger charge is 2.41. The van der Waals surface area contributed by atoms with Crippen LogP contribution in [0.5, 0.6) is 11.5 Å². The number of H-pyrrole nitrogens is 1. The lowest BCUT2D eigenvalue weighted by Gasteiger charge is -2.26. The Balaban J connectivity index is 1.82. The van der Waals surface area contributed by atoms with Crippen molar-refractivity contribution >= 4 is 5.91 Å². The van der Waals surface area contributed by atoms with Gasteiger partial charge in [-0.1, -0.05) is 25.5 Å². The first-order valence-electron chi connectivity index (χ1n) is 9.46. The maximum Gasteiger partial charge on any atom is 0.273 e. The fourth-order valence-electron chi connectivity index (χ4n) is 3.73. The van der Waals surface area contributed by atoms with Crippen molar-refractivity contribution in [3.8, 4) is 22.8 Å². The SMILES string of the molecule is CCCCN1C(=O)c2[nH]nc(-c3ccc(OC)cc3)c2C1c1ccc(O)cc1. The Morgan fingerprint density at radius 1 is 1.14 bits per heavy atom. The molecule has 0 saturated carbocycles. The lowest BCUT2D eigenvalue weighted by molar-refractivity contribution is 0.0741. The summed E-state index contributed by atoms with van der Waals surface area (Å²) in [6.45, 7) is 2.78. The van der Waals surface area contributed by atoms with Gasteiger partial charge >= 0.3 is 0 Å². The zero-order valence-corrected chi connectivity index (χ0v) is 16.0. The summed E-state index contributed by atoms with van der Waals surface area (Å²) in [5.74, 6) is 0.941. The molecule has 0 radical (unpaired) electrons. The van der Waals surface area contributed by atoms with Gasteiger partial charge in [0.25, 0.3) is 5.91 Å². The highest BCUT2D eigenvalue weighted by Crippen LogP contribution is 2.43. The van der Waals surface area contributed by atoms with Gasteiger partial charge in [0.05, 0.1) is 18.8 Å². The van der Waals surface area contributed by atoms with Crippen LogP contribution in [0.15, 0.2) is 48.5 Å². The van der Waals surface area contributed by atoms with Crippen molar-refractivity contribution < 1.29 is 14.6 Å². The normalized spacial score (nSPS) is 15.7. The van der Waals surface area contributed by atoms with E-state index in [1.165, 1.54) is 0 Å². The average Bonchev–Trinajstić information content (AvgIpc) is 3.26. The number of benzene rings is 2. The van der Waals surface area contributed by atoms with Crippen LogP contribution in [-0.4, -0.2) is 39.8 Å². The maximum absolute atomic E-state index is 13.1. The van der Waals surface area contributed by atoms with Crippen LogP contribution in [-0.2, 0) is 0 Å². The molecule has 2 N–H and O–H groups in total. The molecule has 4 rings (SSSR count). The highest BCUT2D eigenvalue weighted by atomic mass is 16.5. The van der Waals surface area contributed by atoms with E-state index in [1.807, 2.05) is 41.3 Å². The lowest BCUT2D eigenvalue weighted by Crippen LogP contribution is -2.30. The van der Waals surface area contributed by atoms with E-state index in [2.05, 4.69) is 17.1 Å². The molecule has 1 aliphatic heterocycles. The van der Waals surface area contributed by atoms with Gasteiger partial charge in [0.2, 0.25) is 0 Å². The summed E-state index contributed by atoms with van der Waals surface area (Å²) in [6, 6.07) is 14.5. The van der Waals surface area contributed by atoms with E-state index in [9.17, 15) is 9.90 Å². The summed E-state index contributed by atoms with van der Waals surface area (Å²) in [5, 5.41) is 17.1. The third-order valence-electron chi connectivity index (χ3n) is 5.19. The van der Waals surface area contributed by atoms with Crippen LogP contribution in [0.25, 0.3) is 11.3 Å². The molecule has 1 aromatic heterocycles. The number of nitrogens with one attached hydrogen (secondary N) is 1. The predicted molar refractivity (Wildman–Crippen MR) is 106 cm³/mol. The minimum atomic E-state index is -0.231. The number of nitrogens with zero attached hydrogens (tertiary/aromatic N) is 2. The number of rotatable bonds is 6. The Morgan fingerprint density at radius 2 is 1.86 bits per heavy atom. The monoisotopic (exact) mass is 377 g/mol. The number of hydrogen-bond acceptors (Lipinski definition) is 4. The molecule has 6 nitrogen and oxygen atoms in total. The summed E-state index contributed by atoms with van der Waals surface area (Å²) in [7, 11) is 1.63. The number of carbonyl (C=O) groups is 1. The number of phenolic OH excluding ortho intramolecular Hbond substituents is 1. The molecule has 0 spiro atoms. The van der Waals surface area contributed by atoms with Gasteiger partial charge in [0, 0.05) is 17.7 Å². The number of phenols is 1. The minimum absolute atomic E-state index is 0.0335. The van der Waals surface area contributed by atoms with Crippen LogP contribution in [0.1, 0.15) is 47.4 Å². The average molecular weight is 377 g/mol. The maximum atomic E-state index is 13.1. The first-order chi connectivity index (χ1) is 13.6. The largest absolute Gasteiger partial charge is 0.508 e. The fraction of sp³-hybridized carbons (Fsp3) is 0.273. The minimum Gasteiger partial charge on any atom is -0.508 e. The Hall–Kier alpha value is -3.28. The van der Waals surface area contributed by atoms with Crippen LogP contribution in [0.2, 0.25) is 0 Å². The molecular formula is C22H23N3O3. The van der Waals surface area contributed by atoms with Crippen LogP contribution in [0, 0.1) is 0 Å². The molecule has 1 unspecified atom stereocenters. The first kappa shape index (κ1) is 18.1. The molecule has 1 atom stereocenters. The molecule has 0 bridgehead atoms. The molecule has 1 aliphatic rings. The molecule has 144 valence electrons. The van der Waals surface area contributed by atoms with E-state index >= 15 is 0 Å². The number of aromatic amines is 1. The second kappa shape index (κ2) is 7.38. The Bertz CT molecular complexity index is 977. The zero-order chi connectivity index (χ0) is 19.7. The van der Waals surface area contributed by atoms with Gasteiger partial charge in [0.15, 0.2) is 0 Å². The number of unbranched alkanes of at least 4 members (excludes halogenated alkanes) is 1. The molecule has 3 aromatic rings. The van der Waals surface area contributed by atoms with Crippen molar-refractivity contribution in [3.05, 3.63) is 65.4 Å². The number of hydrogen-bond donors (Lipinski definition) is 2. The molecule has 2 heterocycles. The molecule has 28 heavy (non-hydrogen) atoms. The van der Waals surface area contributed by atoms with Crippen LogP contribution in [0.3, 0.4) is 0 Å². The van der Waals surface area contributed by atoms with Gasteiger partial charge in [-0.05, 0) is 48.4 Å². The van der Waals surface area contributed by atoms with Gasteiger partial charge in [-0.15, -0.1) is 0 Å². The van der Waals surface area contributed by atoms with Crippen LogP contribution < -0.4 is 4.74 Å². The predicted octanol–water partition coefficient (Wildman–Crippen LogP) is 4.14. The van der Waals surface area contributed by atoms with Crippen molar-refractivity contribution in [2.75, 3.05) is 13.7 Å². The number of aromatic hydroxyl groups is 1. The molecule has 0 saturated heterocycles. The summed E-state index contributed by atoms with van der Waals surface area (Å²) >= 11 is 0. The Morgan fingerprint density at radius 3 is 2.50 bits per heavy atom. The molecular weight excluding hydrogens is 354 g/mol. The number of aromatic nitrogens is 2. The quantitative estimate of drug-likeness (QED) is 0.677. The molecule has 6 heteroatoms. The van der Waals surface area contributed by atoms with E-state index in [1.54, 1.807) is 19.2 Å². The number of methoxy groups -OCH3 is 1. The fourth-order valence-corrected chi connectivity index (χ4v) is 3.73. The van der Waals surface area contributed by atoms with Crippen molar-refractivity contribution in [2.24, 2.45) is 0 Å². The van der Waals surface area contributed by atoms with Crippen molar-refractivity contribution in [1.29, 1.82) is 0 Å². The van der Waals surface area contributed by atoms with Gasteiger partial charge in [-0.2, -0.15) is 5.10 Å². The van der Waals surface area contributed by atoms with Crippen molar-refractivity contribution in [1.82, 2.24) is 15.1 Å². The van der Waals surface area contributed by atoms with Crippen LogP contribution >= 0.6 is 0 Å². The van der Waals surface area contributed by atoms with E-state index in [0.29, 0.717) is 12.2 Å². The highest BCUT2D eigenvalue weighted by molar-refractivity contribution is 6.00. The first-order valence-corrected chi connectivity index (χ1v) is 9.46. The van der Waals surface area contributed by atoms with Gasteiger partial charge in [-0.25, -0.2) is 0 Å². The molecule has 0 fully saturated rings. The van der Waals surface area contributed by atoms with Crippen LogP contribution in [0.4, 0.5) is 0 Å². The number of amides is 1. The smallest absolute Gasteiger partial charge is 0.273 e. The molecule has 0 aliphatic carbocycles. The third-order valence-corrected chi connectivity index (χ3v) is 5.19. The molecule has 1 amide bonds. The number of ether oxygens (including phenoxy) is 1. The number of carbonyl (C=O) groups excluding carboxylic acids is 1. The Labute approximate surface area is 163 Å². The summed E-state index contributed by atoms with van der Waals surface area (Å²) in [6.07, 6.45) is 1.93. The van der Waals surface area contributed by atoms with Crippen molar-refractivity contribution in [2.45, 2.75) is 25.8 Å². The summed E-state index contributed by atoms with van der Waals surface area (Å²) in [5.41, 5.74) is 4.07. The van der Waals surface area contributed by atoms with E-state index in [4.69, 9.17) is 4.74 Å². The second-order valence-electron chi connectivity index (χ2n) is 6.94. The summed E-state index contributed by atoms with van der Waals surface area (Å²) < 4.78 is 5.24. The lowest BCUT2D eigenvalue weighted by atomic mass is 9.96. The van der Waals surface area contributed by atoms with E-state index < -0.39 is 0 Å². The van der Waals surface area contributed by atoms with Gasteiger partial charge in [-0.3, -0.25) is 9.89 Å². The Kier molecular flexibility index (Phi) is 4.77. The van der Waals surface area contributed by atoms with Gasteiger partial charge < -0.3 is 14.7 Å². The van der Waals surface area contributed by atoms with Crippen molar-refractivity contribution in [3.63, 3.8) is 0 Å². The topological polar surface area (TPSA) is 78.5 Å². The van der Waals surface area contributed by atoms with Gasteiger partial charge in [0.1, 0.15) is 17.2 Å². The summed E-state index contributed by atoms with van der Waals surface area (Å²) in [4.78, 5) is 15.0. The standard InChI is InChI=1S/C22H23N3O3/c1-3-4-13-25-21(15-5-9-16(26)10-6-15)18-19(23-24-20(18)22(25)27)14-7-11-17(28-2)12-8-14/h5-12,21,26H,3-4,13H2,1-2H3,(H,23,24). The second-order valence-corrected chi connectivity index (χ2v) is 6.94.